The van der Waals surface area contributed by atoms with Crippen molar-refractivity contribution >= 4 is 44.1 Å². The van der Waals surface area contributed by atoms with E-state index in [1.165, 1.54) is 22.3 Å². The monoisotopic (exact) mass is 1420 g/mol. The molecule has 0 amide bonds. The third-order valence-corrected chi connectivity index (χ3v) is 21.0. The van der Waals surface area contributed by atoms with E-state index in [1.54, 1.807) is 0 Å². The summed E-state index contributed by atoms with van der Waals surface area (Å²) < 4.78 is 30.6. The van der Waals surface area contributed by atoms with Crippen LogP contribution in [0.5, 0.6) is 46.0 Å². The van der Waals surface area contributed by atoms with E-state index in [1.807, 2.05) is 146 Å². The van der Waals surface area contributed by atoms with Gasteiger partial charge in [0.25, 0.3) is 0 Å². The fourth-order valence-electron chi connectivity index (χ4n) is 14.5. The van der Waals surface area contributed by atoms with Crippen LogP contribution in [0.2, 0.25) is 0 Å². The standard InChI is InChI=1S/C92H74N8O4.Cu/c1-89(2,57-27-13-9-14-28-57)61-41-49-65(50-42-61)101-77-75-76(88-99-86-74-40-26-24-38-72(74)84(97-86)95-82-70-36-22-21-35-69(70)81(93-82)94-83-71-37-23-25-39-73(71)85(96-83)98-87(75)100-88)78(102-66-51-43-62(44-52-66)90(3,4)58-29-15-10-16-30-58)80(104-68-55-47-64(48-56-68)92(7,8)60-33-19-12-20-34-60)79(77)103-67-53-45-63(46-54-67)91(5,6)59-31-17-11-18-32-59;/h9-56H,1-8H3,(H2,93,94,95,96,97,98,99,100);/q;+2. The van der Waals surface area contributed by atoms with Crippen molar-refractivity contribution < 1.29 is 36.0 Å². The third kappa shape index (κ3) is 12.3. The topological polar surface area (TPSA) is 146 Å². The number of ether oxygens (including phenoxy) is 4. The van der Waals surface area contributed by atoms with Crippen molar-refractivity contribution in [1.82, 2.24) is 39.9 Å². The fraction of sp³-hybridized carbons (Fsp3) is 0.130. The molecule has 2 aliphatic heterocycles. The molecular formula is C92H74CuN8O4+2. The first-order chi connectivity index (χ1) is 50.5. The minimum Gasteiger partial charge on any atom is -0.452 e. The summed E-state index contributed by atoms with van der Waals surface area (Å²) in [5, 5.41) is 2.62. The number of aromatic amines is 2. The summed E-state index contributed by atoms with van der Waals surface area (Å²) in [4.78, 5) is 40.1. The fourth-order valence-corrected chi connectivity index (χ4v) is 14.5. The van der Waals surface area contributed by atoms with E-state index in [0.29, 0.717) is 79.7 Å². The molecule has 12 aromatic carbocycles. The van der Waals surface area contributed by atoms with Crippen molar-refractivity contribution in [2.24, 2.45) is 0 Å². The van der Waals surface area contributed by atoms with Crippen LogP contribution in [0.15, 0.2) is 291 Å². The van der Waals surface area contributed by atoms with Gasteiger partial charge in [0.1, 0.15) is 45.6 Å². The predicted octanol–water partition coefficient (Wildman–Crippen LogP) is 23.3. The quantitative estimate of drug-likeness (QED) is 0.0897. The minimum atomic E-state index is -0.366. The van der Waals surface area contributed by atoms with Crippen LogP contribution in [0.25, 0.3) is 89.7 Å². The van der Waals surface area contributed by atoms with Gasteiger partial charge in [-0.1, -0.05) is 298 Å². The molecule has 515 valence electrons. The van der Waals surface area contributed by atoms with Gasteiger partial charge in [-0.3, -0.25) is 0 Å². The maximum Gasteiger partial charge on any atom is 2.00 e. The van der Waals surface area contributed by atoms with Crippen molar-refractivity contribution in [2.45, 2.75) is 77.0 Å². The normalized spacial score (nSPS) is 12.1. The molecule has 0 fully saturated rings. The van der Waals surface area contributed by atoms with E-state index in [4.69, 9.17) is 48.9 Å². The van der Waals surface area contributed by atoms with Gasteiger partial charge in [-0.15, -0.1) is 0 Å². The van der Waals surface area contributed by atoms with Crippen molar-refractivity contribution in [2.75, 3.05) is 0 Å². The number of rotatable bonds is 16. The SMILES string of the molecule is CC(C)(c1ccccc1)c1ccc(Oc2c(Oc3ccc(C(C)(C)c4ccccc4)cc3)c(Oc3ccc(C(C)(C)c4ccccc4)cc3)c3c4nc5nc(nc6[nH]c(nc7nc(nc([nH]4)c3c2Oc2ccc(C(C)(C)c3ccccc3)cc2)-c2ccccc2-7)c2ccccc62)-c2ccccc2-5)cc1.[Cu+2]. The second-order valence-electron chi connectivity index (χ2n) is 28.8. The molecule has 15 aromatic rings. The molecule has 5 heterocycles. The van der Waals surface area contributed by atoms with Crippen molar-refractivity contribution in [3.8, 4) is 91.5 Å². The Kier molecular flexibility index (Phi) is 17.2. The molecule has 0 atom stereocenters. The number of hydrogen-bond acceptors (Lipinski definition) is 10. The zero-order valence-corrected chi connectivity index (χ0v) is 60.3. The minimum absolute atomic E-state index is 0. The summed E-state index contributed by atoms with van der Waals surface area (Å²) >= 11 is 0. The Morgan fingerprint density at radius 3 is 0.695 bits per heavy atom. The first-order valence-corrected chi connectivity index (χ1v) is 35.2. The largest absolute Gasteiger partial charge is 2.00 e. The Morgan fingerprint density at radius 1 is 0.219 bits per heavy atom. The second-order valence-corrected chi connectivity index (χ2v) is 28.8. The van der Waals surface area contributed by atoms with Crippen molar-refractivity contribution in [1.29, 1.82) is 0 Å². The van der Waals surface area contributed by atoms with Crippen LogP contribution in [0.4, 0.5) is 0 Å². The van der Waals surface area contributed by atoms with Gasteiger partial charge < -0.3 is 28.9 Å². The number of fused-ring (bicyclic) bond motifs is 20. The van der Waals surface area contributed by atoms with Gasteiger partial charge in [0.15, 0.2) is 34.8 Å². The molecule has 1 radical (unpaired) electrons. The Bertz CT molecular complexity index is 5580. The van der Waals surface area contributed by atoms with Crippen molar-refractivity contribution in [3.63, 3.8) is 0 Å². The molecule has 3 aromatic heterocycles. The van der Waals surface area contributed by atoms with Gasteiger partial charge in [0, 0.05) is 54.7 Å². The van der Waals surface area contributed by atoms with E-state index >= 15 is 0 Å². The summed E-state index contributed by atoms with van der Waals surface area (Å²) in [5.74, 6) is 4.52. The molecule has 0 spiro atoms. The second kappa shape index (κ2) is 26.8. The van der Waals surface area contributed by atoms with E-state index < -0.39 is 0 Å². The summed E-state index contributed by atoms with van der Waals surface area (Å²) in [5.41, 5.74) is 12.5. The number of aromatic nitrogens is 8. The van der Waals surface area contributed by atoms with Gasteiger partial charge in [-0.25, -0.2) is 29.9 Å². The first-order valence-electron chi connectivity index (χ1n) is 35.2. The predicted molar refractivity (Wildman–Crippen MR) is 416 cm³/mol. The molecule has 0 saturated heterocycles. The maximum atomic E-state index is 7.67. The number of nitrogens with one attached hydrogen (secondary N) is 2. The third-order valence-electron chi connectivity index (χ3n) is 21.0. The van der Waals surface area contributed by atoms with Crippen LogP contribution in [-0.4, -0.2) is 39.9 Å². The molecule has 13 heteroatoms. The van der Waals surface area contributed by atoms with Crippen LogP contribution in [0.3, 0.4) is 0 Å². The Labute approximate surface area is 620 Å². The molecular weight excluding hydrogens is 1340 g/mol. The number of hydrogen-bond donors (Lipinski definition) is 2. The number of benzene rings is 12. The van der Waals surface area contributed by atoms with Gasteiger partial charge >= 0.3 is 17.1 Å². The van der Waals surface area contributed by atoms with E-state index in [9.17, 15) is 0 Å². The summed E-state index contributed by atoms with van der Waals surface area (Å²) in [6, 6.07) is 99.2. The molecule has 17 rings (SSSR count). The van der Waals surface area contributed by atoms with Crippen LogP contribution in [0.1, 0.15) is 99.9 Å². The van der Waals surface area contributed by atoms with Gasteiger partial charge in [-0.2, -0.15) is 0 Å². The number of nitrogens with zero attached hydrogens (tertiary/aromatic N) is 6. The number of H-pyrrole nitrogens is 2. The van der Waals surface area contributed by atoms with Crippen LogP contribution in [0, 0.1) is 0 Å². The van der Waals surface area contributed by atoms with Gasteiger partial charge in [0.2, 0.25) is 11.5 Å². The molecule has 0 aliphatic carbocycles. The summed E-state index contributed by atoms with van der Waals surface area (Å²) in [6.45, 7) is 17.9. The molecule has 12 nitrogen and oxygen atoms in total. The van der Waals surface area contributed by atoms with Crippen LogP contribution >= 0.6 is 0 Å². The van der Waals surface area contributed by atoms with Crippen LogP contribution in [-0.2, 0) is 38.7 Å². The van der Waals surface area contributed by atoms with E-state index in [0.717, 1.165) is 55.3 Å². The van der Waals surface area contributed by atoms with Crippen molar-refractivity contribution in [3.05, 3.63) is 336 Å². The van der Waals surface area contributed by atoms with Gasteiger partial charge in [0.05, 0.1) is 10.8 Å². The zero-order chi connectivity index (χ0) is 70.9. The Morgan fingerprint density at radius 2 is 0.429 bits per heavy atom. The Hall–Kier alpha value is -12.3. The average molecular weight is 1420 g/mol. The molecule has 8 bridgehead atoms. The van der Waals surface area contributed by atoms with Crippen LogP contribution < -0.4 is 18.9 Å². The van der Waals surface area contributed by atoms with Gasteiger partial charge in [-0.05, 0) is 93.0 Å². The zero-order valence-electron chi connectivity index (χ0n) is 59.3. The summed E-state index contributed by atoms with van der Waals surface area (Å²) in [6.07, 6.45) is 0. The molecule has 2 N–H and O–H groups in total. The Balaban J connectivity index is 0.00000847. The van der Waals surface area contributed by atoms with E-state index in [2.05, 4.69) is 211 Å². The average Bonchev–Trinajstić information content (AvgIpc) is 1.60. The molecule has 2 aliphatic rings. The molecule has 0 saturated carbocycles. The molecule has 105 heavy (non-hydrogen) atoms. The first kappa shape index (κ1) is 67.2. The smallest absolute Gasteiger partial charge is 0.452 e. The maximum absolute atomic E-state index is 7.67. The van der Waals surface area contributed by atoms with E-state index in [-0.39, 0.29) is 61.7 Å². The summed E-state index contributed by atoms with van der Waals surface area (Å²) in [7, 11) is 0. The molecule has 0 unspecified atom stereocenters.